The van der Waals surface area contributed by atoms with Crippen molar-refractivity contribution >= 4 is 27.5 Å². The summed E-state index contributed by atoms with van der Waals surface area (Å²) in [6.45, 7) is 0.00969. The second kappa shape index (κ2) is 8.09. The highest BCUT2D eigenvalue weighted by Gasteiger charge is 2.17. The molecule has 3 aromatic rings. The van der Waals surface area contributed by atoms with Crippen LogP contribution in [0.15, 0.2) is 75.8 Å². The molecule has 0 aliphatic heterocycles. The minimum Gasteiger partial charge on any atom is -0.467 e. The summed E-state index contributed by atoms with van der Waals surface area (Å²) in [5.74, 6) is -0.129. The Balaban J connectivity index is 1.68. The number of amides is 1. The predicted molar refractivity (Wildman–Crippen MR) is 97.7 cm³/mol. The van der Waals surface area contributed by atoms with Crippen LogP contribution in [0.2, 0.25) is 0 Å². The molecular formula is C19H16BrFN2O2. The third-order valence-electron chi connectivity index (χ3n) is 3.63. The Morgan fingerprint density at radius 2 is 1.92 bits per heavy atom. The van der Waals surface area contributed by atoms with Gasteiger partial charge in [0.15, 0.2) is 0 Å². The van der Waals surface area contributed by atoms with Gasteiger partial charge in [-0.25, -0.2) is 4.39 Å². The molecule has 1 atom stereocenters. The van der Waals surface area contributed by atoms with Gasteiger partial charge in [0.25, 0.3) is 0 Å². The lowest BCUT2D eigenvalue weighted by Crippen LogP contribution is -2.32. The van der Waals surface area contributed by atoms with E-state index in [0.29, 0.717) is 10.2 Å². The fraction of sp³-hybridized carbons (Fsp3) is 0.105. The highest BCUT2D eigenvalue weighted by Crippen LogP contribution is 2.22. The summed E-state index contributed by atoms with van der Waals surface area (Å²) < 4.78 is 19.9. The number of carbonyl (C=O) groups excluding carboxylic acids is 1. The predicted octanol–water partition coefficient (Wildman–Crippen LogP) is 4.50. The Hall–Kier alpha value is -2.44. The Morgan fingerprint density at radius 3 is 2.60 bits per heavy atom. The third-order valence-corrected chi connectivity index (χ3v) is 4.13. The number of hydrogen-bond acceptors (Lipinski definition) is 3. The van der Waals surface area contributed by atoms with Gasteiger partial charge >= 0.3 is 0 Å². The highest BCUT2D eigenvalue weighted by molar-refractivity contribution is 9.10. The van der Waals surface area contributed by atoms with Crippen LogP contribution in [0.25, 0.3) is 0 Å². The first-order valence-electron chi connectivity index (χ1n) is 7.70. The van der Waals surface area contributed by atoms with Gasteiger partial charge in [0.1, 0.15) is 11.6 Å². The van der Waals surface area contributed by atoms with Crippen LogP contribution in [-0.4, -0.2) is 12.5 Å². The number of hydrogen-bond donors (Lipinski definition) is 2. The molecule has 4 nitrogen and oxygen atoms in total. The van der Waals surface area contributed by atoms with Gasteiger partial charge in [0.2, 0.25) is 5.91 Å². The molecule has 1 heterocycles. The van der Waals surface area contributed by atoms with E-state index in [1.165, 1.54) is 12.1 Å². The second-order valence-electron chi connectivity index (χ2n) is 5.41. The average Bonchev–Trinajstić information content (AvgIpc) is 3.13. The summed E-state index contributed by atoms with van der Waals surface area (Å²) in [5.41, 5.74) is 1.12. The summed E-state index contributed by atoms with van der Waals surface area (Å²) in [6.07, 6.45) is 1.59. The van der Waals surface area contributed by atoms with Crippen molar-refractivity contribution in [2.75, 3.05) is 11.9 Å². The minimum absolute atomic E-state index is 0.00969. The van der Waals surface area contributed by atoms with Crippen molar-refractivity contribution in [3.63, 3.8) is 0 Å². The molecule has 0 fully saturated rings. The number of nitrogens with one attached hydrogen (secondary N) is 2. The zero-order chi connectivity index (χ0) is 17.6. The van der Waals surface area contributed by atoms with Crippen LogP contribution in [0.4, 0.5) is 10.1 Å². The van der Waals surface area contributed by atoms with Crippen molar-refractivity contribution in [3.8, 4) is 0 Å². The number of halogens is 2. The molecule has 0 aliphatic rings. The van der Waals surface area contributed by atoms with Crippen molar-refractivity contribution in [1.29, 1.82) is 0 Å². The zero-order valence-electron chi connectivity index (χ0n) is 13.2. The van der Waals surface area contributed by atoms with Gasteiger partial charge in [-0.05, 0) is 35.9 Å². The molecule has 0 saturated carbocycles. The topological polar surface area (TPSA) is 54.3 Å². The highest BCUT2D eigenvalue weighted by atomic mass is 79.9. The summed E-state index contributed by atoms with van der Waals surface area (Å²) >= 11 is 3.18. The molecule has 1 amide bonds. The van der Waals surface area contributed by atoms with Crippen molar-refractivity contribution in [2.24, 2.45) is 0 Å². The van der Waals surface area contributed by atoms with Crippen LogP contribution < -0.4 is 10.6 Å². The molecule has 0 spiro atoms. The monoisotopic (exact) mass is 402 g/mol. The minimum atomic E-state index is -0.492. The van der Waals surface area contributed by atoms with E-state index in [9.17, 15) is 9.18 Å². The first-order chi connectivity index (χ1) is 12.1. The Labute approximate surface area is 153 Å². The van der Waals surface area contributed by atoms with E-state index in [-0.39, 0.29) is 24.2 Å². The van der Waals surface area contributed by atoms with Crippen LogP contribution in [0.5, 0.6) is 0 Å². The molecule has 0 unspecified atom stereocenters. The standard InChI is InChI=1S/C19H16BrFN2O2/c20-14-8-9-16(15(21)11-14)23-18(24)12-22-19(17-7-4-10-25-17)13-5-2-1-3-6-13/h1-11,19,22H,12H2,(H,23,24)/t19-/m1/s1. The molecule has 2 aromatic carbocycles. The SMILES string of the molecule is O=C(CN[C@H](c1ccccc1)c1ccco1)Nc1ccc(Br)cc1F. The van der Waals surface area contributed by atoms with Gasteiger partial charge in [-0.1, -0.05) is 46.3 Å². The van der Waals surface area contributed by atoms with Crippen LogP contribution in [0.3, 0.4) is 0 Å². The van der Waals surface area contributed by atoms with Gasteiger partial charge < -0.3 is 9.73 Å². The van der Waals surface area contributed by atoms with E-state index in [4.69, 9.17) is 4.42 Å². The lowest BCUT2D eigenvalue weighted by atomic mass is 10.0. The summed E-state index contributed by atoms with van der Waals surface area (Å²) in [7, 11) is 0. The zero-order valence-corrected chi connectivity index (χ0v) is 14.8. The van der Waals surface area contributed by atoms with Gasteiger partial charge in [-0.3, -0.25) is 10.1 Å². The number of rotatable bonds is 6. The van der Waals surface area contributed by atoms with Gasteiger partial charge in [0.05, 0.1) is 24.5 Å². The molecule has 0 saturated heterocycles. The van der Waals surface area contributed by atoms with Crippen molar-refractivity contribution in [1.82, 2.24) is 5.32 Å². The molecule has 25 heavy (non-hydrogen) atoms. The fourth-order valence-corrected chi connectivity index (χ4v) is 2.80. The Bertz CT molecular complexity index is 838. The Kier molecular flexibility index (Phi) is 5.63. The quantitative estimate of drug-likeness (QED) is 0.638. The van der Waals surface area contributed by atoms with Crippen LogP contribution in [0.1, 0.15) is 17.4 Å². The largest absolute Gasteiger partial charge is 0.467 e. The smallest absolute Gasteiger partial charge is 0.238 e. The number of carbonyl (C=O) groups is 1. The lowest BCUT2D eigenvalue weighted by Gasteiger charge is -2.17. The van der Waals surface area contributed by atoms with E-state index in [0.717, 1.165) is 5.56 Å². The summed E-state index contributed by atoms with van der Waals surface area (Å²) in [5, 5.41) is 5.71. The molecular weight excluding hydrogens is 387 g/mol. The van der Waals surface area contributed by atoms with Crippen molar-refractivity contribution in [3.05, 3.63) is 88.5 Å². The third kappa shape index (κ3) is 4.55. The van der Waals surface area contributed by atoms with Gasteiger partial charge in [-0.15, -0.1) is 0 Å². The summed E-state index contributed by atoms with van der Waals surface area (Å²) in [4.78, 5) is 12.2. The van der Waals surface area contributed by atoms with Crippen LogP contribution in [-0.2, 0) is 4.79 Å². The number of benzene rings is 2. The van der Waals surface area contributed by atoms with E-state index in [1.54, 1.807) is 18.4 Å². The molecule has 6 heteroatoms. The number of anilines is 1. The second-order valence-corrected chi connectivity index (χ2v) is 6.33. The maximum Gasteiger partial charge on any atom is 0.238 e. The van der Waals surface area contributed by atoms with Crippen molar-refractivity contribution in [2.45, 2.75) is 6.04 Å². The number of furan rings is 1. The Morgan fingerprint density at radius 1 is 1.12 bits per heavy atom. The summed E-state index contributed by atoms with van der Waals surface area (Å²) in [6, 6.07) is 17.5. The van der Waals surface area contributed by atoms with E-state index >= 15 is 0 Å². The van der Waals surface area contributed by atoms with E-state index in [1.807, 2.05) is 36.4 Å². The van der Waals surface area contributed by atoms with Crippen molar-refractivity contribution < 1.29 is 13.6 Å². The van der Waals surface area contributed by atoms with E-state index in [2.05, 4.69) is 26.6 Å². The molecule has 0 radical (unpaired) electrons. The fourth-order valence-electron chi connectivity index (χ4n) is 2.46. The molecule has 3 rings (SSSR count). The molecule has 128 valence electrons. The maximum atomic E-state index is 13.8. The first kappa shape index (κ1) is 17.4. The maximum absolute atomic E-state index is 13.8. The van der Waals surface area contributed by atoms with E-state index < -0.39 is 5.82 Å². The van der Waals surface area contributed by atoms with Crippen LogP contribution >= 0.6 is 15.9 Å². The van der Waals surface area contributed by atoms with Gasteiger partial charge in [0, 0.05) is 4.47 Å². The molecule has 0 aliphatic carbocycles. The lowest BCUT2D eigenvalue weighted by molar-refractivity contribution is -0.115. The first-order valence-corrected chi connectivity index (χ1v) is 8.49. The molecule has 2 N–H and O–H groups in total. The molecule has 0 bridgehead atoms. The average molecular weight is 403 g/mol. The normalized spacial score (nSPS) is 11.9. The van der Waals surface area contributed by atoms with Crippen LogP contribution in [0, 0.1) is 5.82 Å². The van der Waals surface area contributed by atoms with Gasteiger partial charge in [-0.2, -0.15) is 0 Å². The molecule has 1 aromatic heterocycles.